The Bertz CT molecular complexity index is 926. The average molecular weight is 323 g/mol. The molecule has 3 aromatic rings. The lowest BCUT2D eigenvalue weighted by Crippen LogP contribution is -2.14. The Kier molecular flexibility index (Phi) is 4.29. The van der Waals surface area contributed by atoms with E-state index in [4.69, 9.17) is 4.74 Å². The highest BCUT2D eigenvalue weighted by Gasteiger charge is 2.26. The number of esters is 1. The normalized spacial score (nSPS) is 10.6. The van der Waals surface area contributed by atoms with Crippen LogP contribution in [0.25, 0.3) is 16.9 Å². The Balaban J connectivity index is 2.32. The molecule has 6 heteroatoms. The number of nitrogens with one attached hydrogen (secondary N) is 1. The van der Waals surface area contributed by atoms with Gasteiger partial charge in [0.05, 0.1) is 29.2 Å². The van der Waals surface area contributed by atoms with Gasteiger partial charge in [0.15, 0.2) is 0 Å². The summed E-state index contributed by atoms with van der Waals surface area (Å²) in [6.07, 6.45) is 1.55. The van der Waals surface area contributed by atoms with Crippen LogP contribution in [0.3, 0.4) is 0 Å². The van der Waals surface area contributed by atoms with Crippen molar-refractivity contribution in [3.8, 4) is 16.9 Å². The van der Waals surface area contributed by atoms with Crippen molar-refractivity contribution in [3.05, 3.63) is 70.3 Å². The van der Waals surface area contributed by atoms with Gasteiger partial charge in [-0.3, -0.25) is 4.79 Å². The molecule has 0 aliphatic carbocycles. The fourth-order valence-electron chi connectivity index (χ4n) is 2.59. The second-order valence-electron chi connectivity index (χ2n) is 5.19. The van der Waals surface area contributed by atoms with Crippen molar-refractivity contribution in [2.45, 2.75) is 13.8 Å². The number of hydrogen-bond acceptors (Lipinski definition) is 4. The third-order valence-corrected chi connectivity index (χ3v) is 3.61. The molecular weight excluding hydrogens is 306 g/mol. The number of carbonyl (C=O) groups excluding carboxylic acids is 1. The van der Waals surface area contributed by atoms with E-state index in [1.165, 1.54) is 0 Å². The zero-order valence-corrected chi connectivity index (χ0v) is 13.4. The van der Waals surface area contributed by atoms with E-state index in [-0.39, 0.29) is 12.2 Å². The van der Waals surface area contributed by atoms with E-state index < -0.39 is 5.97 Å². The van der Waals surface area contributed by atoms with E-state index in [0.29, 0.717) is 22.5 Å². The lowest BCUT2D eigenvalue weighted by atomic mass is 10.1. The number of H-pyrrole nitrogens is 1. The van der Waals surface area contributed by atoms with E-state index in [0.717, 1.165) is 5.69 Å². The lowest BCUT2D eigenvalue weighted by molar-refractivity contribution is 0.0526. The van der Waals surface area contributed by atoms with Gasteiger partial charge < -0.3 is 9.72 Å². The van der Waals surface area contributed by atoms with Gasteiger partial charge in [0.1, 0.15) is 5.56 Å². The molecule has 3 rings (SSSR count). The molecule has 0 unspecified atom stereocenters. The molecule has 0 bridgehead atoms. The molecule has 2 aromatic heterocycles. The second kappa shape index (κ2) is 6.54. The van der Waals surface area contributed by atoms with Crippen LogP contribution in [0.2, 0.25) is 0 Å². The molecule has 1 aromatic carbocycles. The number of aromatic amines is 1. The van der Waals surface area contributed by atoms with Gasteiger partial charge in [-0.05, 0) is 38.1 Å². The summed E-state index contributed by atoms with van der Waals surface area (Å²) < 4.78 is 6.76. The summed E-state index contributed by atoms with van der Waals surface area (Å²) in [6, 6.07) is 12.7. The average Bonchev–Trinajstić information content (AvgIpc) is 2.93. The quantitative estimate of drug-likeness (QED) is 0.749. The largest absolute Gasteiger partial charge is 0.462 e. The molecule has 0 aliphatic heterocycles. The number of benzene rings is 1. The smallest absolute Gasteiger partial charge is 0.342 e. The van der Waals surface area contributed by atoms with Crippen molar-refractivity contribution in [1.29, 1.82) is 0 Å². The third-order valence-electron chi connectivity index (χ3n) is 3.61. The molecule has 122 valence electrons. The SMILES string of the molecule is CCOC(=O)c1c(C)nn(-c2ccccc2)c1-c1ccc[nH]c1=O. The Morgan fingerprint density at radius 3 is 2.62 bits per heavy atom. The van der Waals surface area contributed by atoms with Crippen LogP contribution < -0.4 is 5.56 Å². The maximum Gasteiger partial charge on any atom is 0.342 e. The van der Waals surface area contributed by atoms with E-state index in [1.807, 2.05) is 30.3 Å². The molecule has 0 spiro atoms. The summed E-state index contributed by atoms with van der Waals surface area (Å²) in [4.78, 5) is 27.4. The molecule has 6 nitrogen and oxygen atoms in total. The van der Waals surface area contributed by atoms with Crippen LogP contribution in [0.5, 0.6) is 0 Å². The van der Waals surface area contributed by atoms with Gasteiger partial charge in [-0.2, -0.15) is 5.10 Å². The highest BCUT2D eigenvalue weighted by atomic mass is 16.5. The minimum absolute atomic E-state index is 0.249. The minimum Gasteiger partial charge on any atom is -0.462 e. The zero-order valence-electron chi connectivity index (χ0n) is 13.4. The number of pyridine rings is 1. The molecular formula is C18H17N3O3. The standard InChI is InChI=1S/C18H17N3O3/c1-3-24-18(23)15-12(2)20-21(13-8-5-4-6-9-13)16(15)14-10-7-11-19-17(14)22/h4-11H,3H2,1-2H3,(H,19,22). The molecule has 0 saturated carbocycles. The number of ether oxygens (including phenoxy) is 1. The molecule has 0 radical (unpaired) electrons. The minimum atomic E-state index is -0.490. The van der Waals surface area contributed by atoms with Crippen molar-refractivity contribution >= 4 is 5.97 Å². The fraction of sp³-hybridized carbons (Fsp3) is 0.167. The van der Waals surface area contributed by atoms with Gasteiger partial charge in [-0.15, -0.1) is 0 Å². The summed E-state index contributed by atoms with van der Waals surface area (Å²) in [5, 5.41) is 4.46. The number of carbonyl (C=O) groups is 1. The lowest BCUT2D eigenvalue weighted by Gasteiger charge is -2.09. The fourth-order valence-corrected chi connectivity index (χ4v) is 2.59. The molecule has 0 aliphatic rings. The summed E-state index contributed by atoms with van der Waals surface area (Å²) in [7, 11) is 0. The Morgan fingerprint density at radius 2 is 1.96 bits per heavy atom. The zero-order chi connectivity index (χ0) is 17.1. The third kappa shape index (κ3) is 2.74. The van der Waals surface area contributed by atoms with Crippen molar-refractivity contribution in [1.82, 2.24) is 14.8 Å². The highest BCUT2D eigenvalue weighted by molar-refractivity contribution is 5.97. The Morgan fingerprint density at radius 1 is 1.21 bits per heavy atom. The van der Waals surface area contributed by atoms with Crippen LogP contribution in [0.4, 0.5) is 0 Å². The number of hydrogen-bond donors (Lipinski definition) is 1. The van der Waals surface area contributed by atoms with Crippen LogP contribution in [-0.4, -0.2) is 27.3 Å². The van der Waals surface area contributed by atoms with Gasteiger partial charge in [0.2, 0.25) is 0 Å². The topological polar surface area (TPSA) is 77.0 Å². The van der Waals surface area contributed by atoms with Crippen molar-refractivity contribution < 1.29 is 9.53 Å². The van der Waals surface area contributed by atoms with E-state index >= 15 is 0 Å². The first-order valence-corrected chi connectivity index (χ1v) is 7.63. The van der Waals surface area contributed by atoms with E-state index in [1.54, 1.807) is 36.9 Å². The first-order valence-electron chi connectivity index (χ1n) is 7.63. The van der Waals surface area contributed by atoms with Crippen LogP contribution in [-0.2, 0) is 4.74 Å². The number of aromatic nitrogens is 3. The molecule has 2 heterocycles. The molecule has 0 saturated heterocycles. The number of rotatable bonds is 4. The number of para-hydroxylation sites is 1. The summed E-state index contributed by atoms with van der Waals surface area (Å²) in [5.74, 6) is -0.490. The van der Waals surface area contributed by atoms with E-state index in [9.17, 15) is 9.59 Å². The van der Waals surface area contributed by atoms with Gasteiger partial charge in [0.25, 0.3) is 5.56 Å². The van der Waals surface area contributed by atoms with Gasteiger partial charge in [0, 0.05) is 6.20 Å². The van der Waals surface area contributed by atoms with Crippen LogP contribution >= 0.6 is 0 Å². The molecule has 0 fully saturated rings. The monoisotopic (exact) mass is 323 g/mol. The summed E-state index contributed by atoms with van der Waals surface area (Å²) in [6.45, 7) is 3.72. The molecule has 0 atom stereocenters. The van der Waals surface area contributed by atoms with Gasteiger partial charge in [-0.25, -0.2) is 9.48 Å². The van der Waals surface area contributed by atoms with Crippen molar-refractivity contribution in [2.75, 3.05) is 6.61 Å². The van der Waals surface area contributed by atoms with Crippen LogP contribution in [0.15, 0.2) is 53.5 Å². The predicted octanol–water partition coefficient (Wildman–Crippen LogP) is 2.71. The first kappa shape index (κ1) is 15.7. The summed E-state index contributed by atoms with van der Waals surface area (Å²) >= 11 is 0. The Labute approximate surface area is 138 Å². The van der Waals surface area contributed by atoms with E-state index in [2.05, 4.69) is 10.1 Å². The van der Waals surface area contributed by atoms with Crippen LogP contribution in [0.1, 0.15) is 23.0 Å². The molecule has 24 heavy (non-hydrogen) atoms. The number of nitrogens with zero attached hydrogens (tertiary/aromatic N) is 2. The molecule has 1 N–H and O–H groups in total. The van der Waals surface area contributed by atoms with Gasteiger partial charge >= 0.3 is 5.97 Å². The number of aryl methyl sites for hydroxylation is 1. The Hall–Kier alpha value is -3.15. The van der Waals surface area contributed by atoms with Crippen LogP contribution in [0, 0.1) is 6.92 Å². The predicted molar refractivity (Wildman–Crippen MR) is 90.3 cm³/mol. The maximum atomic E-state index is 12.4. The summed E-state index contributed by atoms with van der Waals surface area (Å²) in [5.41, 5.74) is 2.08. The van der Waals surface area contributed by atoms with Crippen molar-refractivity contribution in [3.63, 3.8) is 0 Å². The van der Waals surface area contributed by atoms with Crippen molar-refractivity contribution in [2.24, 2.45) is 0 Å². The molecule has 0 amide bonds. The maximum absolute atomic E-state index is 12.4. The first-order chi connectivity index (χ1) is 11.6. The highest BCUT2D eigenvalue weighted by Crippen LogP contribution is 2.27. The van der Waals surface area contributed by atoms with Gasteiger partial charge in [-0.1, -0.05) is 18.2 Å². The second-order valence-corrected chi connectivity index (χ2v) is 5.19.